The third-order valence-electron chi connectivity index (χ3n) is 7.27. The minimum atomic E-state index is -4.85. The van der Waals surface area contributed by atoms with Crippen LogP contribution in [0.4, 0.5) is 13.2 Å². The highest BCUT2D eigenvalue weighted by atomic mass is 32.2. The number of hydrogen-bond donors (Lipinski definition) is 2. The molecule has 0 radical (unpaired) electrons. The fourth-order valence-electron chi connectivity index (χ4n) is 4.86. The molecule has 224 valence electrons. The number of ether oxygens (including phenoxy) is 2. The van der Waals surface area contributed by atoms with Crippen LogP contribution in [0.25, 0.3) is 0 Å². The Morgan fingerprint density at radius 1 is 1.00 bits per heavy atom. The Labute approximate surface area is 237 Å². The van der Waals surface area contributed by atoms with Crippen LogP contribution in [-0.2, 0) is 14.6 Å². The van der Waals surface area contributed by atoms with Gasteiger partial charge in [-0.2, -0.15) is 0 Å². The molecule has 2 aliphatic rings. The summed E-state index contributed by atoms with van der Waals surface area (Å²) >= 11 is 0. The van der Waals surface area contributed by atoms with Crippen molar-refractivity contribution in [2.75, 3.05) is 38.2 Å². The summed E-state index contributed by atoms with van der Waals surface area (Å²) in [6, 6.07) is 11.9. The number of amides is 2. The van der Waals surface area contributed by atoms with Gasteiger partial charge in [0.2, 0.25) is 5.91 Å². The SMILES string of the molecule is COc1ccc([C@@H]2C[C@H]2NCCCC[C@H](NC(=O)c2ccc(OC(F)(F)F)cc2)C(=O)N2CCS(=O)(=O)CC2)cc1. The third-order valence-corrected chi connectivity index (χ3v) is 8.88. The summed E-state index contributed by atoms with van der Waals surface area (Å²) in [5.41, 5.74) is 1.32. The normalized spacial score (nSPS) is 20.6. The smallest absolute Gasteiger partial charge is 0.497 e. The fourth-order valence-corrected chi connectivity index (χ4v) is 6.06. The van der Waals surface area contributed by atoms with Crippen molar-refractivity contribution in [1.82, 2.24) is 15.5 Å². The van der Waals surface area contributed by atoms with Gasteiger partial charge in [0.1, 0.15) is 17.5 Å². The Bertz CT molecular complexity index is 1290. The molecule has 1 aliphatic carbocycles. The van der Waals surface area contributed by atoms with E-state index in [-0.39, 0.29) is 36.1 Å². The highest BCUT2D eigenvalue weighted by Gasteiger charge is 2.37. The molecule has 41 heavy (non-hydrogen) atoms. The lowest BCUT2D eigenvalue weighted by Gasteiger charge is -2.30. The molecule has 0 bridgehead atoms. The van der Waals surface area contributed by atoms with Crippen molar-refractivity contribution < 1.29 is 40.7 Å². The summed E-state index contributed by atoms with van der Waals surface area (Å²) in [4.78, 5) is 27.6. The third kappa shape index (κ3) is 9.09. The molecule has 2 aromatic carbocycles. The van der Waals surface area contributed by atoms with Crippen LogP contribution in [0.2, 0.25) is 0 Å². The summed E-state index contributed by atoms with van der Waals surface area (Å²) in [7, 11) is -1.57. The summed E-state index contributed by atoms with van der Waals surface area (Å²) in [6.45, 7) is 0.828. The van der Waals surface area contributed by atoms with Crippen LogP contribution in [-0.4, -0.2) is 81.8 Å². The molecule has 0 aromatic heterocycles. The van der Waals surface area contributed by atoms with Crippen molar-refractivity contribution >= 4 is 21.7 Å². The van der Waals surface area contributed by atoms with Crippen molar-refractivity contribution in [3.8, 4) is 11.5 Å². The summed E-state index contributed by atoms with van der Waals surface area (Å²) in [5, 5.41) is 6.22. The van der Waals surface area contributed by atoms with E-state index in [0.29, 0.717) is 24.8 Å². The number of carbonyl (C=O) groups is 2. The van der Waals surface area contributed by atoms with E-state index in [9.17, 15) is 31.2 Å². The van der Waals surface area contributed by atoms with Gasteiger partial charge in [0.15, 0.2) is 9.84 Å². The Hall–Kier alpha value is -3.32. The van der Waals surface area contributed by atoms with Crippen molar-refractivity contribution in [3.63, 3.8) is 0 Å². The number of nitrogens with one attached hydrogen (secondary N) is 2. The van der Waals surface area contributed by atoms with E-state index in [0.717, 1.165) is 37.3 Å². The van der Waals surface area contributed by atoms with Crippen LogP contribution in [0.3, 0.4) is 0 Å². The van der Waals surface area contributed by atoms with Gasteiger partial charge >= 0.3 is 6.36 Å². The van der Waals surface area contributed by atoms with E-state index in [1.807, 2.05) is 12.1 Å². The van der Waals surface area contributed by atoms with Gasteiger partial charge in [-0.1, -0.05) is 12.1 Å². The standard InChI is InChI=1S/C28H34F3N3O6S/c1-39-21-9-5-19(6-10-21)23-18-25(23)32-13-3-2-4-24(27(36)34-14-16-41(37,38)17-15-34)33-26(35)20-7-11-22(12-8-20)40-28(29,30)31/h5-12,23-25,32H,2-4,13-18H2,1H3,(H,33,35)/t23-,24-,25+/m0/s1. The number of benzene rings is 2. The van der Waals surface area contributed by atoms with Crippen LogP contribution in [0, 0.1) is 0 Å². The average Bonchev–Trinajstić information content (AvgIpc) is 3.71. The molecular weight excluding hydrogens is 563 g/mol. The molecule has 2 amide bonds. The minimum Gasteiger partial charge on any atom is -0.497 e. The van der Waals surface area contributed by atoms with Crippen LogP contribution >= 0.6 is 0 Å². The van der Waals surface area contributed by atoms with Gasteiger partial charge in [-0.05, 0) is 74.2 Å². The molecule has 2 N–H and O–H groups in total. The van der Waals surface area contributed by atoms with Crippen molar-refractivity contribution in [3.05, 3.63) is 59.7 Å². The summed E-state index contributed by atoms with van der Waals surface area (Å²) in [6.07, 6.45) is -2.11. The zero-order valence-electron chi connectivity index (χ0n) is 22.7. The largest absolute Gasteiger partial charge is 0.573 e. The molecule has 3 atom stereocenters. The Balaban J connectivity index is 1.29. The maximum Gasteiger partial charge on any atom is 0.573 e. The van der Waals surface area contributed by atoms with E-state index in [1.54, 1.807) is 7.11 Å². The second-order valence-corrected chi connectivity index (χ2v) is 12.6. The maximum absolute atomic E-state index is 13.3. The van der Waals surface area contributed by atoms with Gasteiger partial charge in [-0.3, -0.25) is 9.59 Å². The molecule has 1 heterocycles. The van der Waals surface area contributed by atoms with Gasteiger partial charge in [0.05, 0.1) is 18.6 Å². The molecule has 9 nitrogen and oxygen atoms in total. The van der Waals surface area contributed by atoms with Gasteiger partial charge in [0, 0.05) is 30.6 Å². The number of halogens is 3. The number of nitrogens with zero attached hydrogens (tertiary/aromatic N) is 1. The molecule has 1 aliphatic heterocycles. The molecule has 4 rings (SSSR count). The summed E-state index contributed by atoms with van der Waals surface area (Å²) < 4.78 is 70.0. The van der Waals surface area contributed by atoms with Crippen LogP contribution in [0.15, 0.2) is 48.5 Å². The van der Waals surface area contributed by atoms with Crippen LogP contribution in [0.1, 0.15) is 47.5 Å². The number of alkyl halides is 3. The Morgan fingerprint density at radius 3 is 2.24 bits per heavy atom. The van der Waals surface area contributed by atoms with Gasteiger partial charge in [-0.15, -0.1) is 13.2 Å². The molecule has 13 heteroatoms. The average molecular weight is 598 g/mol. The van der Waals surface area contributed by atoms with Gasteiger partial charge in [-0.25, -0.2) is 8.42 Å². The number of methoxy groups -OCH3 is 1. The lowest BCUT2D eigenvalue weighted by molar-refractivity contribution is -0.274. The number of hydrogen-bond acceptors (Lipinski definition) is 7. The van der Waals surface area contributed by atoms with Crippen LogP contribution in [0.5, 0.6) is 11.5 Å². The zero-order chi connectivity index (χ0) is 29.6. The molecular formula is C28H34F3N3O6S. The molecule has 0 unspecified atom stereocenters. The first-order chi connectivity index (χ1) is 19.4. The molecule has 0 spiro atoms. The van der Waals surface area contributed by atoms with Gasteiger partial charge in [0.25, 0.3) is 5.91 Å². The Kier molecular flexibility index (Phi) is 9.80. The van der Waals surface area contributed by atoms with Gasteiger partial charge < -0.3 is 25.0 Å². The van der Waals surface area contributed by atoms with E-state index in [1.165, 1.54) is 22.6 Å². The molecule has 2 aromatic rings. The first-order valence-electron chi connectivity index (χ1n) is 13.5. The molecule has 1 saturated heterocycles. The number of carbonyl (C=O) groups excluding carboxylic acids is 2. The first-order valence-corrected chi connectivity index (χ1v) is 15.3. The van der Waals surface area contributed by atoms with E-state index in [2.05, 4.69) is 27.5 Å². The monoisotopic (exact) mass is 597 g/mol. The number of sulfone groups is 1. The van der Waals surface area contributed by atoms with E-state index in [4.69, 9.17) is 4.74 Å². The highest BCUT2D eigenvalue weighted by Crippen LogP contribution is 2.41. The molecule has 2 fully saturated rings. The van der Waals surface area contributed by atoms with Crippen molar-refractivity contribution in [1.29, 1.82) is 0 Å². The predicted molar refractivity (Wildman–Crippen MR) is 146 cm³/mol. The van der Waals surface area contributed by atoms with Crippen molar-refractivity contribution in [2.24, 2.45) is 0 Å². The first kappa shape index (κ1) is 30.6. The maximum atomic E-state index is 13.3. The lowest BCUT2D eigenvalue weighted by Crippen LogP contribution is -2.52. The lowest BCUT2D eigenvalue weighted by atomic mass is 10.1. The number of unbranched alkanes of at least 4 members (excludes halogenated alkanes) is 1. The minimum absolute atomic E-state index is 0.0486. The van der Waals surface area contributed by atoms with E-state index >= 15 is 0 Å². The topological polar surface area (TPSA) is 114 Å². The molecule has 1 saturated carbocycles. The predicted octanol–water partition coefficient (Wildman–Crippen LogP) is 3.27. The Morgan fingerprint density at radius 2 is 1.63 bits per heavy atom. The zero-order valence-corrected chi connectivity index (χ0v) is 23.5. The van der Waals surface area contributed by atoms with E-state index < -0.39 is 33.9 Å². The quantitative estimate of drug-likeness (QED) is 0.361. The fraction of sp³-hybridized carbons (Fsp3) is 0.500. The summed E-state index contributed by atoms with van der Waals surface area (Å²) in [5.74, 6) is -0.480. The highest BCUT2D eigenvalue weighted by molar-refractivity contribution is 7.91. The van der Waals surface area contributed by atoms with Crippen LogP contribution < -0.4 is 20.1 Å². The van der Waals surface area contributed by atoms with Crippen molar-refractivity contribution in [2.45, 2.75) is 50.0 Å². The second-order valence-electron chi connectivity index (χ2n) is 10.2. The number of rotatable bonds is 12. The second kappa shape index (κ2) is 13.1.